The second kappa shape index (κ2) is 7.66. The van der Waals surface area contributed by atoms with E-state index in [1.54, 1.807) is 4.90 Å². The third-order valence-electron chi connectivity index (χ3n) is 5.04. The van der Waals surface area contributed by atoms with Crippen LogP contribution in [-0.2, 0) is 4.79 Å². The monoisotopic (exact) mass is 296 g/mol. The molecule has 2 N–H and O–H groups in total. The first-order valence-electron chi connectivity index (χ1n) is 8.40. The van der Waals surface area contributed by atoms with Gasteiger partial charge in [0.1, 0.15) is 0 Å². The molecule has 0 aromatic heterocycles. The summed E-state index contributed by atoms with van der Waals surface area (Å²) in [6.07, 6.45) is 8.66. The molecule has 1 aliphatic heterocycles. The van der Waals surface area contributed by atoms with Gasteiger partial charge in [-0.05, 0) is 38.0 Å². The van der Waals surface area contributed by atoms with E-state index in [4.69, 9.17) is 5.11 Å². The van der Waals surface area contributed by atoms with Crippen LogP contribution in [0.2, 0.25) is 0 Å². The summed E-state index contributed by atoms with van der Waals surface area (Å²) in [7, 11) is 0. The van der Waals surface area contributed by atoms with Gasteiger partial charge >= 0.3 is 12.0 Å². The fraction of sp³-hybridized carbons (Fsp3) is 0.875. The first-order valence-corrected chi connectivity index (χ1v) is 8.40. The number of nitrogens with zero attached hydrogens (tertiary/aromatic N) is 1. The van der Waals surface area contributed by atoms with Crippen molar-refractivity contribution >= 4 is 12.0 Å². The first-order chi connectivity index (χ1) is 10.1. The molecule has 0 bridgehead atoms. The Morgan fingerprint density at radius 1 is 1.14 bits per heavy atom. The summed E-state index contributed by atoms with van der Waals surface area (Å²) in [5, 5.41) is 12.2. The lowest BCUT2D eigenvalue weighted by Crippen LogP contribution is -2.53. The van der Waals surface area contributed by atoms with Gasteiger partial charge in [0.05, 0.1) is 6.42 Å². The average molecular weight is 296 g/mol. The highest BCUT2D eigenvalue weighted by molar-refractivity contribution is 5.76. The maximum atomic E-state index is 12.5. The Morgan fingerprint density at radius 2 is 1.86 bits per heavy atom. The maximum Gasteiger partial charge on any atom is 0.317 e. The number of likely N-dealkylation sites (tertiary alicyclic amines) is 1. The highest BCUT2D eigenvalue weighted by Gasteiger charge is 2.31. The van der Waals surface area contributed by atoms with Gasteiger partial charge in [0.2, 0.25) is 0 Å². The zero-order chi connectivity index (χ0) is 15.2. The number of amides is 2. The lowest BCUT2D eigenvalue weighted by Gasteiger charge is -2.38. The molecule has 3 unspecified atom stereocenters. The van der Waals surface area contributed by atoms with E-state index in [0.717, 1.165) is 32.1 Å². The van der Waals surface area contributed by atoms with Crippen molar-refractivity contribution in [1.82, 2.24) is 10.2 Å². The molecular weight excluding hydrogens is 268 g/mol. The van der Waals surface area contributed by atoms with Crippen LogP contribution in [0.5, 0.6) is 0 Å². The van der Waals surface area contributed by atoms with Crippen molar-refractivity contribution in [2.24, 2.45) is 5.92 Å². The van der Waals surface area contributed by atoms with Gasteiger partial charge in [-0.2, -0.15) is 0 Å². The van der Waals surface area contributed by atoms with Crippen LogP contribution in [0.4, 0.5) is 4.79 Å². The predicted molar refractivity (Wildman–Crippen MR) is 81.2 cm³/mol. The minimum absolute atomic E-state index is 0.0497. The van der Waals surface area contributed by atoms with Crippen molar-refractivity contribution < 1.29 is 14.7 Å². The number of carboxylic acid groups (broad SMARTS) is 1. The number of hydrogen-bond acceptors (Lipinski definition) is 2. The smallest absolute Gasteiger partial charge is 0.317 e. The van der Waals surface area contributed by atoms with Crippen molar-refractivity contribution in [1.29, 1.82) is 0 Å². The molecule has 0 radical (unpaired) electrons. The molecule has 1 heterocycles. The number of aliphatic carboxylic acids is 1. The van der Waals surface area contributed by atoms with Crippen LogP contribution >= 0.6 is 0 Å². The molecule has 1 saturated heterocycles. The average Bonchev–Trinajstić information content (AvgIpc) is 2.47. The van der Waals surface area contributed by atoms with Crippen LogP contribution in [0, 0.1) is 5.92 Å². The van der Waals surface area contributed by atoms with Crippen molar-refractivity contribution in [3.8, 4) is 0 Å². The second-order valence-electron chi connectivity index (χ2n) is 6.45. The first kappa shape index (κ1) is 16.1. The van der Waals surface area contributed by atoms with Crippen molar-refractivity contribution in [3.63, 3.8) is 0 Å². The van der Waals surface area contributed by atoms with Crippen LogP contribution in [0.3, 0.4) is 0 Å². The molecule has 2 rings (SSSR count). The Morgan fingerprint density at radius 3 is 2.57 bits per heavy atom. The van der Waals surface area contributed by atoms with Gasteiger partial charge in [-0.1, -0.05) is 26.2 Å². The van der Waals surface area contributed by atoms with E-state index in [1.165, 1.54) is 19.3 Å². The normalized spacial score (nSPS) is 30.0. The molecule has 5 nitrogen and oxygen atoms in total. The summed E-state index contributed by atoms with van der Waals surface area (Å²) in [5.41, 5.74) is 0. The van der Waals surface area contributed by atoms with Crippen molar-refractivity contribution in [2.45, 2.75) is 76.8 Å². The summed E-state index contributed by atoms with van der Waals surface area (Å²) in [4.78, 5) is 25.3. The summed E-state index contributed by atoms with van der Waals surface area (Å²) in [5.74, 6) is -0.241. The van der Waals surface area contributed by atoms with Gasteiger partial charge in [0.15, 0.2) is 0 Å². The minimum Gasteiger partial charge on any atom is -0.481 e. The van der Waals surface area contributed by atoms with Gasteiger partial charge < -0.3 is 15.3 Å². The Balaban J connectivity index is 1.94. The second-order valence-corrected chi connectivity index (χ2v) is 6.45. The number of rotatable bonds is 4. The molecule has 1 saturated carbocycles. The fourth-order valence-electron chi connectivity index (χ4n) is 3.81. The number of piperidine rings is 1. The number of carbonyl (C=O) groups is 2. The molecule has 1 aliphatic carbocycles. The van der Waals surface area contributed by atoms with E-state index in [0.29, 0.717) is 12.5 Å². The van der Waals surface area contributed by atoms with E-state index in [9.17, 15) is 9.59 Å². The zero-order valence-corrected chi connectivity index (χ0v) is 13.0. The molecule has 0 spiro atoms. The fourth-order valence-corrected chi connectivity index (χ4v) is 3.81. The molecule has 2 aliphatic rings. The molecular formula is C16H28N2O3. The third-order valence-corrected chi connectivity index (χ3v) is 5.04. The molecule has 21 heavy (non-hydrogen) atoms. The van der Waals surface area contributed by atoms with E-state index < -0.39 is 5.97 Å². The number of nitrogens with one attached hydrogen (secondary N) is 1. The Hall–Kier alpha value is -1.26. The summed E-state index contributed by atoms with van der Waals surface area (Å²) in [6, 6.07) is 0.0786. The third kappa shape index (κ3) is 4.35. The van der Waals surface area contributed by atoms with Crippen LogP contribution in [0.15, 0.2) is 0 Å². The van der Waals surface area contributed by atoms with E-state index in [2.05, 4.69) is 12.2 Å². The molecule has 0 aromatic carbocycles. The van der Waals surface area contributed by atoms with Gasteiger partial charge in [-0.25, -0.2) is 4.79 Å². The van der Waals surface area contributed by atoms with Crippen molar-refractivity contribution in [2.75, 3.05) is 6.54 Å². The summed E-state index contributed by atoms with van der Waals surface area (Å²) >= 11 is 0. The topological polar surface area (TPSA) is 69.6 Å². The number of urea groups is 1. The van der Waals surface area contributed by atoms with Crippen LogP contribution in [-0.4, -0.2) is 40.6 Å². The van der Waals surface area contributed by atoms with Crippen molar-refractivity contribution in [3.05, 3.63) is 0 Å². The quantitative estimate of drug-likeness (QED) is 0.838. The number of hydrogen-bond donors (Lipinski definition) is 2. The standard InChI is InChI=1S/C16H28N2O3/c1-2-12-7-3-4-9-14(12)17-16(21)18-10-6-5-8-13(18)11-15(19)20/h12-14H,2-11H2,1H3,(H,17,21)(H,19,20). The van der Waals surface area contributed by atoms with Gasteiger partial charge in [0.25, 0.3) is 0 Å². The SMILES string of the molecule is CCC1CCCCC1NC(=O)N1CCCCC1CC(=O)O. The van der Waals surface area contributed by atoms with Gasteiger partial charge in [0, 0.05) is 18.6 Å². The number of carbonyl (C=O) groups excluding carboxylic acids is 1. The van der Waals surface area contributed by atoms with Crippen LogP contribution in [0.25, 0.3) is 0 Å². The van der Waals surface area contributed by atoms with Crippen LogP contribution in [0.1, 0.15) is 64.7 Å². The molecule has 5 heteroatoms. The van der Waals surface area contributed by atoms with Gasteiger partial charge in [-0.15, -0.1) is 0 Å². The Bertz CT molecular complexity index is 373. The van der Waals surface area contributed by atoms with E-state index in [-0.39, 0.29) is 24.5 Å². The molecule has 2 amide bonds. The molecule has 2 fully saturated rings. The van der Waals surface area contributed by atoms with E-state index in [1.807, 2.05) is 0 Å². The maximum absolute atomic E-state index is 12.5. The molecule has 3 atom stereocenters. The Kier molecular flexibility index (Phi) is 5.88. The predicted octanol–water partition coefficient (Wildman–Crippen LogP) is 2.99. The summed E-state index contributed by atoms with van der Waals surface area (Å²) in [6.45, 7) is 2.87. The van der Waals surface area contributed by atoms with Gasteiger partial charge in [-0.3, -0.25) is 4.79 Å². The number of carboxylic acids is 1. The van der Waals surface area contributed by atoms with E-state index >= 15 is 0 Å². The Labute approximate surface area is 127 Å². The highest BCUT2D eigenvalue weighted by Crippen LogP contribution is 2.27. The zero-order valence-electron chi connectivity index (χ0n) is 13.0. The molecule has 120 valence electrons. The highest BCUT2D eigenvalue weighted by atomic mass is 16.4. The lowest BCUT2D eigenvalue weighted by atomic mass is 9.83. The van der Waals surface area contributed by atoms with Crippen LogP contribution < -0.4 is 5.32 Å². The minimum atomic E-state index is -0.816. The summed E-state index contributed by atoms with van der Waals surface area (Å²) < 4.78 is 0. The molecule has 0 aromatic rings. The lowest BCUT2D eigenvalue weighted by molar-refractivity contribution is -0.138. The largest absolute Gasteiger partial charge is 0.481 e.